The van der Waals surface area contributed by atoms with Crippen LogP contribution in [-0.2, 0) is 16.0 Å². The molecule has 2 aromatic rings. The lowest BCUT2D eigenvalue weighted by molar-refractivity contribution is -0.127. The van der Waals surface area contributed by atoms with Gasteiger partial charge in [0.1, 0.15) is 5.69 Å². The third-order valence-electron chi connectivity index (χ3n) is 5.92. The lowest BCUT2D eigenvalue weighted by Gasteiger charge is -2.56. The van der Waals surface area contributed by atoms with Gasteiger partial charge in [-0.1, -0.05) is 11.3 Å². The number of hydrogen-bond donors (Lipinski definition) is 0. The summed E-state index contributed by atoms with van der Waals surface area (Å²) < 4.78 is 13.1. The van der Waals surface area contributed by atoms with Crippen LogP contribution in [0.1, 0.15) is 24.8 Å². The van der Waals surface area contributed by atoms with Crippen molar-refractivity contribution in [1.82, 2.24) is 15.0 Å². The van der Waals surface area contributed by atoms with Gasteiger partial charge in [0.15, 0.2) is 0 Å². The third kappa shape index (κ3) is 2.91. The Morgan fingerprint density at radius 1 is 1.23 bits per heavy atom. The molecule has 1 aromatic carbocycles. The van der Waals surface area contributed by atoms with Crippen LogP contribution in [-0.4, -0.2) is 54.0 Å². The van der Waals surface area contributed by atoms with E-state index >= 15 is 0 Å². The molecule has 1 spiro atoms. The monoisotopic (exact) mass is 354 g/mol. The van der Waals surface area contributed by atoms with Crippen LogP contribution in [0.4, 0.5) is 5.69 Å². The van der Waals surface area contributed by atoms with Crippen molar-refractivity contribution in [3.63, 3.8) is 0 Å². The quantitative estimate of drug-likeness (QED) is 0.845. The first-order valence-electron chi connectivity index (χ1n) is 9.66. The Labute approximate surface area is 154 Å². The highest BCUT2D eigenvalue weighted by molar-refractivity contribution is 5.67. The minimum Gasteiger partial charge on any atom is -0.380 e. The van der Waals surface area contributed by atoms with Crippen molar-refractivity contribution in [1.29, 1.82) is 0 Å². The first-order valence-corrected chi connectivity index (χ1v) is 9.66. The molecule has 3 saturated heterocycles. The summed E-state index contributed by atoms with van der Waals surface area (Å²) in [4.78, 5) is 2.44. The molecule has 6 heteroatoms. The van der Waals surface area contributed by atoms with Gasteiger partial charge >= 0.3 is 0 Å². The zero-order valence-electron chi connectivity index (χ0n) is 15.4. The Hall–Kier alpha value is -1.92. The molecule has 138 valence electrons. The number of nitrogens with zero attached hydrogens (tertiary/aromatic N) is 4. The maximum Gasteiger partial charge on any atom is 0.113 e. The Kier molecular flexibility index (Phi) is 3.98. The number of hydrogen-bond acceptors (Lipinski definition) is 5. The third-order valence-corrected chi connectivity index (χ3v) is 5.92. The van der Waals surface area contributed by atoms with Crippen molar-refractivity contribution in [2.75, 3.05) is 37.8 Å². The van der Waals surface area contributed by atoms with Gasteiger partial charge in [-0.2, -0.15) is 0 Å². The highest BCUT2D eigenvalue weighted by Gasteiger charge is 2.49. The summed E-state index contributed by atoms with van der Waals surface area (Å²) >= 11 is 0. The first kappa shape index (κ1) is 16.3. The normalized spacial score (nSPS) is 24.3. The molecule has 6 nitrogen and oxygen atoms in total. The maximum atomic E-state index is 5.81. The van der Waals surface area contributed by atoms with Crippen LogP contribution < -0.4 is 4.90 Å². The molecule has 3 fully saturated rings. The second kappa shape index (κ2) is 6.35. The van der Waals surface area contributed by atoms with Crippen molar-refractivity contribution in [2.45, 2.75) is 38.8 Å². The second-order valence-corrected chi connectivity index (χ2v) is 8.16. The van der Waals surface area contributed by atoms with E-state index in [2.05, 4.69) is 40.3 Å². The fourth-order valence-electron chi connectivity index (χ4n) is 4.32. The Balaban J connectivity index is 1.28. The van der Waals surface area contributed by atoms with Crippen LogP contribution >= 0.6 is 0 Å². The first-order chi connectivity index (χ1) is 12.7. The van der Waals surface area contributed by atoms with Crippen LogP contribution in [0.25, 0.3) is 11.3 Å². The molecular weight excluding hydrogens is 328 g/mol. The fourth-order valence-corrected chi connectivity index (χ4v) is 4.32. The van der Waals surface area contributed by atoms with E-state index in [1.54, 1.807) is 0 Å². The Bertz CT molecular complexity index is 785. The predicted molar refractivity (Wildman–Crippen MR) is 99.3 cm³/mol. The largest absolute Gasteiger partial charge is 0.380 e. The molecule has 0 saturated carbocycles. The van der Waals surface area contributed by atoms with Crippen molar-refractivity contribution in [3.05, 3.63) is 30.0 Å². The molecule has 3 aliphatic heterocycles. The van der Waals surface area contributed by atoms with Crippen molar-refractivity contribution in [2.24, 2.45) is 5.41 Å². The van der Waals surface area contributed by atoms with E-state index in [1.165, 1.54) is 24.1 Å². The van der Waals surface area contributed by atoms with E-state index in [1.807, 2.05) is 10.9 Å². The van der Waals surface area contributed by atoms with E-state index in [4.69, 9.17) is 9.47 Å². The molecule has 1 atom stereocenters. The predicted octanol–water partition coefficient (Wildman–Crippen LogP) is 2.66. The standard InChI is InChI=1S/C20H26N4O2/c1-15-8-16(23-11-20(12-23)13-25-14-20)5-6-18(15)19-10-24(22-21-19)9-17-4-2-3-7-26-17/h5-6,8,10,17H,2-4,7,9,11-14H2,1H3. The number of benzene rings is 1. The molecule has 0 aliphatic carbocycles. The van der Waals surface area contributed by atoms with Gasteiger partial charge in [-0.05, 0) is 43.9 Å². The maximum absolute atomic E-state index is 5.81. The fraction of sp³-hybridized carbons (Fsp3) is 0.600. The van der Waals surface area contributed by atoms with E-state index in [0.29, 0.717) is 5.41 Å². The summed E-state index contributed by atoms with van der Waals surface area (Å²) in [5.41, 5.74) is 5.08. The molecule has 3 aliphatic rings. The molecule has 1 unspecified atom stereocenters. The smallest absolute Gasteiger partial charge is 0.113 e. The Morgan fingerprint density at radius 2 is 2.12 bits per heavy atom. The number of aromatic nitrogens is 3. The Morgan fingerprint density at radius 3 is 2.81 bits per heavy atom. The van der Waals surface area contributed by atoms with Crippen LogP contribution in [0, 0.1) is 12.3 Å². The van der Waals surface area contributed by atoms with Crippen LogP contribution in [0.5, 0.6) is 0 Å². The molecule has 0 bridgehead atoms. The van der Waals surface area contributed by atoms with Crippen molar-refractivity contribution in [3.8, 4) is 11.3 Å². The van der Waals surface area contributed by atoms with Gasteiger partial charge in [-0.3, -0.25) is 0 Å². The zero-order valence-corrected chi connectivity index (χ0v) is 15.4. The van der Waals surface area contributed by atoms with Gasteiger partial charge in [0, 0.05) is 30.9 Å². The molecule has 5 rings (SSSR count). The van der Waals surface area contributed by atoms with E-state index in [-0.39, 0.29) is 6.10 Å². The molecule has 0 amide bonds. The van der Waals surface area contributed by atoms with Crippen molar-refractivity contribution < 1.29 is 9.47 Å². The number of anilines is 1. The van der Waals surface area contributed by atoms with E-state index < -0.39 is 0 Å². The second-order valence-electron chi connectivity index (χ2n) is 8.16. The van der Waals surface area contributed by atoms with Gasteiger partial charge in [0.2, 0.25) is 0 Å². The summed E-state index contributed by atoms with van der Waals surface area (Å²) in [6.45, 7) is 7.90. The highest BCUT2D eigenvalue weighted by Crippen LogP contribution is 2.40. The summed E-state index contributed by atoms with van der Waals surface area (Å²) in [5, 5.41) is 8.71. The number of aryl methyl sites for hydroxylation is 1. The lowest BCUT2D eigenvalue weighted by atomic mass is 9.77. The highest BCUT2D eigenvalue weighted by atomic mass is 16.5. The molecular formula is C20H26N4O2. The van der Waals surface area contributed by atoms with E-state index in [9.17, 15) is 0 Å². The lowest BCUT2D eigenvalue weighted by Crippen LogP contribution is -2.66. The minimum absolute atomic E-state index is 0.274. The van der Waals surface area contributed by atoms with Gasteiger partial charge in [-0.15, -0.1) is 5.10 Å². The van der Waals surface area contributed by atoms with Gasteiger partial charge < -0.3 is 14.4 Å². The van der Waals surface area contributed by atoms with Gasteiger partial charge in [0.25, 0.3) is 0 Å². The van der Waals surface area contributed by atoms with Crippen LogP contribution in [0.3, 0.4) is 0 Å². The number of ether oxygens (including phenoxy) is 2. The SMILES string of the molecule is Cc1cc(N2CC3(COC3)C2)ccc1-c1cn(CC2CCCCO2)nn1. The molecule has 0 N–H and O–H groups in total. The zero-order chi connectivity index (χ0) is 17.6. The molecule has 4 heterocycles. The molecule has 0 radical (unpaired) electrons. The average Bonchev–Trinajstić information content (AvgIpc) is 3.01. The van der Waals surface area contributed by atoms with Crippen LogP contribution in [0.15, 0.2) is 24.4 Å². The summed E-state index contributed by atoms with van der Waals surface area (Å²) in [5.74, 6) is 0. The topological polar surface area (TPSA) is 52.4 Å². The van der Waals surface area contributed by atoms with Gasteiger partial charge in [0.05, 0.1) is 37.5 Å². The molecule has 26 heavy (non-hydrogen) atoms. The van der Waals surface area contributed by atoms with Crippen molar-refractivity contribution >= 4 is 5.69 Å². The summed E-state index contributed by atoms with van der Waals surface area (Å²) in [6, 6.07) is 6.65. The van der Waals surface area contributed by atoms with Crippen LogP contribution in [0.2, 0.25) is 0 Å². The average molecular weight is 354 g/mol. The number of rotatable bonds is 4. The van der Waals surface area contributed by atoms with Gasteiger partial charge in [-0.25, -0.2) is 4.68 Å². The minimum atomic E-state index is 0.274. The van der Waals surface area contributed by atoms with E-state index in [0.717, 1.165) is 57.1 Å². The molecule has 1 aromatic heterocycles. The summed E-state index contributed by atoms with van der Waals surface area (Å²) in [6.07, 6.45) is 5.86. The summed E-state index contributed by atoms with van der Waals surface area (Å²) in [7, 11) is 0.